The van der Waals surface area contributed by atoms with Gasteiger partial charge in [0.15, 0.2) is 17.2 Å². The zero-order valence-electron chi connectivity index (χ0n) is 10.4. The lowest BCUT2D eigenvalue weighted by molar-refractivity contribution is 0.280. The molecule has 0 unspecified atom stereocenters. The summed E-state index contributed by atoms with van der Waals surface area (Å²) >= 11 is 2.19. The molecular weight excluding hydrogens is 357 g/mol. The minimum absolute atomic E-state index is 0.0394. The summed E-state index contributed by atoms with van der Waals surface area (Å²) < 4.78 is 12.0. The molecule has 0 fully saturated rings. The molecule has 100 valence electrons. The first-order chi connectivity index (χ1) is 9.13. The van der Waals surface area contributed by atoms with Crippen LogP contribution in [0, 0.1) is 3.57 Å². The predicted molar refractivity (Wildman–Crippen MR) is 82.6 cm³/mol. The molecule has 0 saturated heterocycles. The second kappa shape index (κ2) is 6.12. The first-order valence-electron chi connectivity index (χ1n) is 5.64. The third kappa shape index (κ3) is 3.30. The monoisotopic (exact) mass is 371 g/mol. The van der Waals surface area contributed by atoms with Crippen molar-refractivity contribution in [1.29, 1.82) is 0 Å². The van der Waals surface area contributed by atoms with E-state index in [-0.39, 0.29) is 6.61 Å². The van der Waals surface area contributed by atoms with Gasteiger partial charge in [0, 0.05) is 3.57 Å². The summed E-state index contributed by atoms with van der Waals surface area (Å²) in [5, 5.41) is 9.10. The van der Waals surface area contributed by atoms with Gasteiger partial charge >= 0.3 is 0 Å². The van der Waals surface area contributed by atoms with E-state index in [9.17, 15) is 0 Å². The lowest BCUT2D eigenvalue weighted by Gasteiger charge is -2.13. The first-order valence-corrected chi connectivity index (χ1v) is 6.72. The molecule has 0 saturated carbocycles. The minimum atomic E-state index is -0.0394. The number of nitrogens with two attached hydrogens (primary N) is 1. The molecule has 0 amide bonds. The van der Waals surface area contributed by atoms with E-state index >= 15 is 0 Å². The number of halogens is 1. The molecule has 19 heavy (non-hydrogen) atoms. The maximum Gasteiger partial charge on any atom is 0.169 e. The molecule has 3 N–H and O–H groups in total. The topological polar surface area (TPSA) is 64.7 Å². The van der Waals surface area contributed by atoms with Crippen molar-refractivity contribution in [2.75, 3.05) is 12.8 Å². The van der Waals surface area contributed by atoms with Gasteiger partial charge in [-0.1, -0.05) is 6.07 Å². The molecule has 0 aliphatic heterocycles. The molecule has 2 rings (SSSR count). The van der Waals surface area contributed by atoms with Gasteiger partial charge in [-0.25, -0.2) is 0 Å². The Morgan fingerprint density at radius 3 is 2.47 bits per heavy atom. The predicted octanol–water partition coefficient (Wildman–Crippen LogP) is 3.17. The quantitative estimate of drug-likeness (QED) is 0.640. The lowest BCUT2D eigenvalue weighted by atomic mass is 10.2. The van der Waals surface area contributed by atoms with Gasteiger partial charge in [-0.2, -0.15) is 0 Å². The summed E-state index contributed by atoms with van der Waals surface area (Å²) in [4.78, 5) is 0. The summed E-state index contributed by atoms with van der Waals surface area (Å²) in [7, 11) is 1.56. The molecule has 0 aromatic heterocycles. The highest BCUT2D eigenvalue weighted by atomic mass is 127. The number of anilines is 1. The molecule has 0 atom stereocenters. The highest BCUT2D eigenvalue weighted by molar-refractivity contribution is 14.1. The number of hydrogen-bond donors (Lipinski definition) is 2. The van der Waals surface area contributed by atoms with Crippen molar-refractivity contribution < 1.29 is 14.6 Å². The van der Waals surface area contributed by atoms with Crippen molar-refractivity contribution >= 4 is 28.3 Å². The maximum atomic E-state index is 9.10. The van der Waals surface area contributed by atoms with Crippen LogP contribution in [0.15, 0.2) is 36.4 Å². The minimum Gasteiger partial charge on any atom is -0.493 e. The SMILES string of the molecule is COc1cc(CO)ccc1Oc1ccc(I)cc1N. The molecule has 5 heteroatoms. The number of nitrogen functional groups attached to an aromatic ring is 1. The van der Waals surface area contributed by atoms with Gasteiger partial charge < -0.3 is 20.3 Å². The zero-order valence-corrected chi connectivity index (χ0v) is 12.5. The Labute approximate surface area is 125 Å². The molecule has 0 aliphatic rings. The Bertz CT molecular complexity index is 587. The molecule has 0 heterocycles. The van der Waals surface area contributed by atoms with Crippen molar-refractivity contribution in [3.63, 3.8) is 0 Å². The van der Waals surface area contributed by atoms with E-state index in [4.69, 9.17) is 20.3 Å². The van der Waals surface area contributed by atoms with Crippen LogP contribution < -0.4 is 15.2 Å². The highest BCUT2D eigenvalue weighted by Crippen LogP contribution is 2.35. The normalized spacial score (nSPS) is 10.3. The van der Waals surface area contributed by atoms with Crippen LogP contribution in [0.2, 0.25) is 0 Å². The number of aliphatic hydroxyl groups is 1. The summed E-state index contributed by atoms with van der Waals surface area (Å²) in [6.45, 7) is -0.0394. The average molecular weight is 371 g/mol. The molecule has 4 nitrogen and oxygen atoms in total. The summed E-state index contributed by atoms with van der Waals surface area (Å²) in [6, 6.07) is 10.8. The van der Waals surface area contributed by atoms with Crippen molar-refractivity contribution in [2.24, 2.45) is 0 Å². The van der Waals surface area contributed by atoms with E-state index in [2.05, 4.69) is 22.6 Å². The van der Waals surface area contributed by atoms with Crippen LogP contribution in [0.5, 0.6) is 17.2 Å². The Morgan fingerprint density at radius 2 is 1.84 bits per heavy atom. The summed E-state index contributed by atoms with van der Waals surface area (Å²) in [5.74, 6) is 1.70. The van der Waals surface area contributed by atoms with Crippen molar-refractivity contribution in [2.45, 2.75) is 6.61 Å². The van der Waals surface area contributed by atoms with Crippen molar-refractivity contribution in [3.8, 4) is 17.2 Å². The van der Waals surface area contributed by atoms with Crippen LogP contribution in [-0.4, -0.2) is 12.2 Å². The molecule has 2 aromatic carbocycles. The van der Waals surface area contributed by atoms with Gasteiger partial charge in [-0.3, -0.25) is 0 Å². The summed E-state index contributed by atoms with van der Waals surface area (Å²) in [6.07, 6.45) is 0. The van der Waals surface area contributed by atoms with E-state index in [1.807, 2.05) is 18.2 Å². The fourth-order valence-electron chi connectivity index (χ4n) is 1.63. The fourth-order valence-corrected chi connectivity index (χ4v) is 2.14. The van der Waals surface area contributed by atoms with Crippen LogP contribution in [0.25, 0.3) is 0 Å². The number of hydrogen-bond acceptors (Lipinski definition) is 4. The van der Waals surface area contributed by atoms with Gasteiger partial charge in [-0.15, -0.1) is 0 Å². The Kier molecular flexibility index (Phi) is 4.49. The van der Waals surface area contributed by atoms with E-state index in [1.54, 1.807) is 25.3 Å². The first kappa shape index (κ1) is 14.0. The Balaban J connectivity index is 2.32. The van der Waals surface area contributed by atoms with Crippen LogP contribution in [-0.2, 0) is 6.61 Å². The molecule has 0 aliphatic carbocycles. The van der Waals surface area contributed by atoms with Gasteiger partial charge in [-0.05, 0) is 58.5 Å². The number of methoxy groups -OCH3 is 1. The molecule has 0 spiro atoms. The Morgan fingerprint density at radius 1 is 1.11 bits per heavy atom. The van der Waals surface area contributed by atoms with Crippen LogP contribution in [0.1, 0.15) is 5.56 Å². The van der Waals surface area contributed by atoms with E-state index in [0.29, 0.717) is 22.9 Å². The van der Waals surface area contributed by atoms with Crippen molar-refractivity contribution in [1.82, 2.24) is 0 Å². The van der Waals surface area contributed by atoms with Crippen LogP contribution in [0.3, 0.4) is 0 Å². The van der Waals surface area contributed by atoms with Crippen LogP contribution >= 0.6 is 22.6 Å². The fraction of sp³-hybridized carbons (Fsp3) is 0.143. The highest BCUT2D eigenvalue weighted by Gasteiger charge is 2.09. The number of rotatable bonds is 4. The number of benzene rings is 2. The van der Waals surface area contributed by atoms with E-state index < -0.39 is 0 Å². The molecule has 2 aromatic rings. The third-order valence-corrected chi connectivity index (χ3v) is 3.27. The van der Waals surface area contributed by atoms with E-state index in [0.717, 1.165) is 9.13 Å². The van der Waals surface area contributed by atoms with Crippen LogP contribution in [0.4, 0.5) is 5.69 Å². The maximum absolute atomic E-state index is 9.10. The average Bonchev–Trinajstić information content (AvgIpc) is 2.42. The molecule has 0 radical (unpaired) electrons. The van der Waals surface area contributed by atoms with Gasteiger partial charge in [0.2, 0.25) is 0 Å². The third-order valence-electron chi connectivity index (χ3n) is 2.60. The second-order valence-corrected chi connectivity index (χ2v) is 5.17. The second-order valence-electron chi connectivity index (χ2n) is 3.93. The standard InChI is InChI=1S/C14H14INO3/c1-18-14-6-9(8-17)2-4-13(14)19-12-5-3-10(15)7-11(12)16/h2-7,17H,8,16H2,1H3. The van der Waals surface area contributed by atoms with Crippen molar-refractivity contribution in [3.05, 3.63) is 45.5 Å². The van der Waals surface area contributed by atoms with Gasteiger partial charge in [0.25, 0.3) is 0 Å². The largest absolute Gasteiger partial charge is 0.493 e. The smallest absolute Gasteiger partial charge is 0.169 e. The lowest BCUT2D eigenvalue weighted by Crippen LogP contribution is -1.96. The van der Waals surface area contributed by atoms with E-state index in [1.165, 1.54) is 0 Å². The molecule has 0 bridgehead atoms. The molecular formula is C14H14INO3. The van der Waals surface area contributed by atoms with Gasteiger partial charge in [0.1, 0.15) is 0 Å². The summed E-state index contributed by atoms with van der Waals surface area (Å²) in [5.41, 5.74) is 7.24. The zero-order chi connectivity index (χ0) is 13.8. The Hall–Kier alpha value is -1.47. The number of ether oxygens (including phenoxy) is 2. The number of aliphatic hydroxyl groups excluding tert-OH is 1. The van der Waals surface area contributed by atoms with Gasteiger partial charge in [0.05, 0.1) is 19.4 Å².